The topological polar surface area (TPSA) is 45.7 Å². The van der Waals surface area contributed by atoms with Crippen LogP contribution in [-0.2, 0) is 11.3 Å². The largest absolute Gasteiger partial charge is 0.373 e. The Morgan fingerprint density at radius 1 is 1.24 bits per heavy atom. The lowest BCUT2D eigenvalue weighted by Crippen LogP contribution is -2.41. The van der Waals surface area contributed by atoms with Gasteiger partial charge in [0.1, 0.15) is 0 Å². The van der Waals surface area contributed by atoms with Gasteiger partial charge in [0.15, 0.2) is 5.96 Å². The van der Waals surface area contributed by atoms with Gasteiger partial charge in [-0.3, -0.25) is 4.99 Å². The monoisotopic (exact) mass is 471 g/mol. The minimum absolute atomic E-state index is 0. The molecule has 1 fully saturated rings. The number of ether oxygens (including phenoxy) is 1. The molecular formula is C19H26IN3OS. The number of thiophene rings is 1. The first kappa shape index (κ1) is 20.2. The molecular weight excluding hydrogens is 445 g/mol. The average Bonchev–Trinajstić information content (AvgIpc) is 3.16. The third kappa shape index (κ3) is 5.97. The van der Waals surface area contributed by atoms with Crippen molar-refractivity contribution in [2.45, 2.75) is 25.5 Å². The first-order valence-electron chi connectivity index (χ1n) is 8.49. The second-order valence-electron chi connectivity index (χ2n) is 6.04. The van der Waals surface area contributed by atoms with Crippen molar-refractivity contribution in [3.63, 3.8) is 0 Å². The van der Waals surface area contributed by atoms with Crippen LogP contribution in [0, 0.1) is 5.92 Å². The van der Waals surface area contributed by atoms with Crippen LogP contribution in [0.2, 0.25) is 0 Å². The molecule has 136 valence electrons. The van der Waals surface area contributed by atoms with Gasteiger partial charge >= 0.3 is 0 Å². The first-order valence-corrected chi connectivity index (χ1v) is 9.43. The third-order valence-electron chi connectivity index (χ3n) is 4.37. The van der Waals surface area contributed by atoms with Crippen LogP contribution in [0.15, 0.2) is 52.2 Å². The average molecular weight is 471 g/mol. The highest BCUT2D eigenvalue weighted by Gasteiger charge is 2.27. The van der Waals surface area contributed by atoms with Crippen molar-refractivity contribution in [2.24, 2.45) is 10.9 Å². The Morgan fingerprint density at radius 3 is 2.80 bits per heavy atom. The standard InChI is InChI=1S/C19H25N3OS.HI/c1-20-19(21-12-15-9-11-24-14-15)22-13-17-8-5-10-23-18(17)16-6-3-2-4-7-16;/h2-4,6-7,9,11,14,17-18H,5,8,10,12-13H2,1H3,(H2,20,21,22);1H. The fourth-order valence-electron chi connectivity index (χ4n) is 3.09. The fraction of sp³-hybridized carbons (Fsp3) is 0.421. The van der Waals surface area contributed by atoms with Gasteiger partial charge in [0, 0.05) is 32.7 Å². The minimum atomic E-state index is 0. The molecule has 0 aliphatic carbocycles. The normalized spacial score (nSPS) is 20.6. The van der Waals surface area contributed by atoms with Gasteiger partial charge < -0.3 is 15.4 Å². The molecule has 0 amide bonds. The number of nitrogens with one attached hydrogen (secondary N) is 2. The molecule has 0 spiro atoms. The highest BCUT2D eigenvalue weighted by Crippen LogP contribution is 2.32. The molecule has 25 heavy (non-hydrogen) atoms. The summed E-state index contributed by atoms with van der Waals surface area (Å²) in [7, 11) is 1.81. The van der Waals surface area contributed by atoms with Crippen molar-refractivity contribution < 1.29 is 4.74 Å². The molecule has 2 aromatic rings. The van der Waals surface area contributed by atoms with Crippen LogP contribution in [0.1, 0.15) is 30.1 Å². The molecule has 2 N–H and O–H groups in total. The number of nitrogens with zero attached hydrogens (tertiary/aromatic N) is 1. The Labute approximate surface area is 171 Å². The molecule has 0 saturated carbocycles. The summed E-state index contributed by atoms with van der Waals surface area (Å²) in [6, 6.07) is 12.7. The maximum absolute atomic E-state index is 6.06. The molecule has 1 aromatic carbocycles. The highest BCUT2D eigenvalue weighted by atomic mass is 127. The van der Waals surface area contributed by atoms with Gasteiger partial charge in [-0.15, -0.1) is 24.0 Å². The van der Waals surface area contributed by atoms with E-state index in [0.717, 1.165) is 32.1 Å². The van der Waals surface area contributed by atoms with Gasteiger partial charge in [-0.2, -0.15) is 11.3 Å². The van der Waals surface area contributed by atoms with E-state index in [1.807, 2.05) is 7.05 Å². The predicted octanol–water partition coefficient (Wildman–Crippen LogP) is 4.20. The van der Waals surface area contributed by atoms with Gasteiger partial charge in [0.25, 0.3) is 0 Å². The van der Waals surface area contributed by atoms with E-state index >= 15 is 0 Å². The summed E-state index contributed by atoms with van der Waals surface area (Å²) in [4.78, 5) is 4.33. The molecule has 2 atom stereocenters. The lowest BCUT2D eigenvalue weighted by Gasteiger charge is -2.32. The number of benzene rings is 1. The molecule has 1 aliphatic heterocycles. The number of hydrogen-bond donors (Lipinski definition) is 2. The zero-order valence-corrected chi connectivity index (χ0v) is 17.6. The van der Waals surface area contributed by atoms with Crippen LogP contribution in [0.3, 0.4) is 0 Å². The second kappa shape index (κ2) is 10.8. The predicted molar refractivity (Wildman–Crippen MR) is 116 cm³/mol. The smallest absolute Gasteiger partial charge is 0.191 e. The van der Waals surface area contributed by atoms with Crippen LogP contribution in [0.4, 0.5) is 0 Å². The minimum Gasteiger partial charge on any atom is -0.373 e. The zero-order chi connectivity index (χ0) is 16.6. The van der Waals surface area contributed by atoms with Crippen molar-refractivity contribution in [2.75, 3.05) is 20.2 Å². The maximum atomic E-state index is 6.06. The van der Waals surface area contributed by atoms with Crippen molar-refractivity contribution in [1.82, 2.24) is 10.6 Å². The van der Waals surface area contributed by atoms with E-state index in [-0.39, 0.29) is 30.1 Å². The van der Waals surface area contributed by atoms with Gasteiger partial charge in [-0.1, -0.05) is 30.3 Å². The molecule has 2 heterocycles. The number of rotatable bonds is 5. The summed E-state index contributed by atoms with van der Waals surface area (Å²) in [5, 5.41) is 11.1. The second-order valence-corrected chi connectivity index (χ2v) is 6.82. The molecule has 4 nitrogen and oxygen atoms in total. The van der Waals surface area contributed by atoms with Crippen LogP contribution in [0.5, 0.6) is 0 Å². The van der Waals surface area contributed by atoms with E-state index in [1.54, 1.807) is 11.3 Å². The van der Waals surface area contributed by atoms with Gasteiger partial charge in [-0.05, 0) is 40.8 Å². The van der Waals surface area contributed by atoms with Gasteiger partial charge in [-0.25, -0.2) is 0 Å². The Bertz CT molecular complexity index is 633. The molecule has 1 aliphatic rings. The molecule has 0 radical (unpaired) electrons. The fourth-order valence-corrected chi connectivity index (χ4v) is 3.76. The number of aliphatic imine (C=N–C) groups is 1. The van der Waals surface area contributed by atoms with Crippen molar-refractivity contribution in [3.8, 4) is 0 Å². The summed E-state index contributed by atoms with van der Waals surface area (Å²) in [6.45, 7) is 2.51. The Kier molecular flexibility index (Phi) is 8.71. The Morgan fingerprint density at radius 2 is 2.08 bits per heavy atom. The van der Waals surface area contributed by atoms with E-state index in [1.165, 1.54) is 17.5 Å². The Hall–Kier alpha value is -1.12. The summed E-state index contributed by atoms with van der Waals surface area (Å²) in [5.74, 6) is 1.31. The summed E-state index contributed by atoms with van der Waals surface area (Å²) in [5.41, 5.74) is 2.55. The van der Waals surface area contributed by atoms with Crippen LogP contribution in [0.25, 0.3) is 0 Å². The lowest BCUT2D eigenvalue weighted by molar-refractivity contribution is -0.0265. The van der Waals surface area contributed by atoms with Crippen molar-refractivity contribution in [1.29, 1.82) is 0 Å². The quantitative estimate of drug-likeness (QED) is 0.391. The van der Waals surface area contributed by atoms with E-state index < -0.39 is 0 Å². The van der Waals surface area contributed by atoms with Crippen molar-refractivity contribution >= 4 is 41.3 Å². The van der Waals surface area contributed by atoms with Gasteiger partial charge in [0.2, 0.25) is 0 Å². The van der Waals surface area contributed by atoms with E-state index in [4.69, 9.17) is 4.74 Å². The Balaban J connectivity index is 0.00000225. The number of halogens is 1. The molecule has 0 bridgehead atoms. The SMILES string of the molecule is CN=C(NCc1ccsc1)NCC1CCCOC1c1ccccc1.I. The molecule has 1 aromatic heterocycles. The summed E-state index contributed by atoms with van der Waals surface area (Å²) >= 11 is 1.72. The highest BCUT2D eigenvalue weighted by molar-refractivity contribution is 14.0. The first-order chi connectivity index (χ1) is 11.9. The van der Waals surface area contributed by atoms with Crippen LogP contribution >= 0.6 is 35.3 Å². The van der Waals surface area contributed by atoms with Crippen LogP contribution < -0.4 is 10.6 Å². The zero-order valence-electron chi connectivity index (χ0n) is 14.5. The number of guanidine groups is 1. The molecule has 6 heteroatoms. The summed E-state index contributed by atoms with van der Waals surface area (Å²) < 4.78 is 6.06. The van der Waals surface area contributed by atoms with E-state index in [2.05, 4.69) is 62.8 Å². The molecule has 2 unspecified atom stereocenters. The number of hydrogen-bond acceptors (Lipinski definition) is 3. The maximum Gasteiger partial charge on any atom is 0.191 e. The van der Waals surface area contributed by atoms with E-state index in [0.29, 0.717) is 5.92 Å². The third-order valence-corrected chi connectivity index (χ3v) is 5.10. The lowest BCUT2D eigenvalue weighted by atomic mass is 9.89. The molecule has 3 rings (SSSR count). The molecule has 1 saturated heterocycles. The van der Waals surface area contributed by atoms with Crippen molar-refractivity contribution in [3.05, 3.63) is 58.3 Å². The van der Waals surface area contributed by atoms with E-state index in [9.17, 15) is 0 Å². The van der Waals surface area contributed by atoms with Gasteiger partial charge in [0.05, 0.1) is 6.10 Å². The summed E-state index contributed by atoms with van der Waals surface area (Å²) in [6.07, 6.45) is 2.47. The van der Waals surface area contributed by atoms with Crippen LogP contribution in [-0.4, -0.2) is 26.2 Å².